The smallest absolute Gasteiger partial charge is 0.119 e. The van der Waals surface area contributed by atoms with Crippen molar-refractivity contribution >= 4 is 0 Å². The van der Waals surface area contributed by atoms with Gasteiger partial charge in [-0.05, 0) is 42.9 Å². The van der Waals surface area contributed by atoms with Gasteiger partial charge in [0.1, 0.15) is 11.9 Å². The van der Waals surface area contributed by atoms with Gasteiger partial charge in [-0.3, -0.25) is 0 Å². The van der Waals surface area contributed by atoms with Gasteiger partial charge in [0.15, 0.2) is 0 Å². The van der Waals surface area contributed by atoms with E-state index < -0.39 is 0 Å². The van der Waals surface area contributed by atoms with Crippen LogP contribution >= 0.6 is 0 Å². The zero-order valence-electron chi connectivity index (χ0n) is 11.7. The van der Waals surface area contributed by atoms with Crippen molar-refractivity contribution < 1.29 is 9.47 Å². The molecule has 0 heterocycles. The molecule has 2 rings (SSSR count). The quantitative estimate of drug-likeness (QED) is 0.797. The summed E-state index contributed by atoms with van der Waals surface area (Å²) in [5.41, 5.74) is 1.36. The molecule has 0 N–H and O–H groups in total. The second-order valence-corrected chi connectivity index (χ2v) is 5.49. The van der Waals surface area contributed by atoms with Gasteiger partial charge in [-0.25, -0.2) is 0 Å². The normalized spacial score (nSPS) is 24.2. The SMILES string of the molecule is COC1CCCC(Oc2ccc(C(C)C)cc2)C1. The molecule has 2 heteroatoms. The molecule has 0 radical (unpaired) electrons. The molecular formula is C16H24O2. The lowest BCUT2D eigenvalue weighted by Gasteiger charge is -2.28. The molecule has 18 heavy (non-hydrogen) atoms. The van der Waals surface area contributed by atoms with E-state index in [1.54, 1.807) is 7.11 Å². The summed E-state index contributed by atoms with van der Waals surface area (Å²) in [5.74, 6) is 1.56. The predicted octanol–water partition coefficient (Wildman–Crippen LogP) is 4.15. The minimum Gasteiger partial charge on any atom is -0.490 e. The van der Waals surface area contributed by atoms with Crippen LogP contribution in [0.15, 0.2) is 24.3 Å². The Labute approximate surface area is 110 Å². The van der Waals surface area contributed by atoms with Crippen LogP contribution in [0.1, 0.15) is 51.0 Å². The van der Waals surface area contributed by atoms with Gasteiger partial charge in [0.2, 0.25) is 0 Å². The molecule has 2 atom stereocenters. The zero-order valence-corrected chi connectivity index (χ0v) is 11.7. The Hall–Kier alpha value is -1.02. The maximum atomic E-state index is 6.04. The van der Waals surface area contributed by atoms with Crippen molar-refractivity contribution in [1.29, 1.82) is 0 Å². The fraction of sp³-hybridized carbons (Fsp3) is 0.625. The molecule has 100 valence electrons. The van der Waals surface area contributed by atoms with Gasteiger partial charge in [0, 0.05) is 13.5 Å². The predicted molar refractivity (Wildman–Crippen MR) is 74.2 cm³/mol. The highest BCUT2D eigenvalue weighted by Crippen LogP contribution is 2.26. The Morgan fingerprint density at radius 3 is 2.33 bits per heavy atom. The van der Waals surface area contributed by atoms with Crippen LogP contribution in [0.5, 0.6) is 5.75 Å². The summed E-state index contributed by atoms with van der Waals surface area (Å²) in [6.45, 7) is 4.42. The molecule has 1 aromatic rings. The van der Waals surface area contributed by atoms with Crippen LogP contribution in [-0.4, -0.2) is 19.3 Å². The first kappa shape index (κ1) is 13.4. The summed E-state index contributed by atoms with van der Waals surface area (Å²) in [5, 5.41) is 0. The molecule has 0 aromatic heterocycles. The first-order valence-electron chi connectivity index (χ1n) is 6.98. The van der Waals surface area contributed by atoms with Crippen LogP contribution in [0.25, 0.3) is 0 Å². The van der Waals surface area contributed by atoms with Crippen molar-refractivity contribution in [2.24, 2.45) is 0 Å². The highest BCUT2D eigenvalue weighted by Gasteiger charge is 2.22. The summed E-state index contributed by atoms with van der Waals surface area (Å²) in [4.78, 5) is 0. The second kappa shape index (κ2) is 6.24. The van der Waals surface area contributed by atoms with Gasteiger partial charge in [-0.2, -0.15) is 0 Å². The molecule has 0 spiro atoms. The van der Waals surface area contributed by atoms with E-state index in [9.17, 15) is 0 Å². The van der Waals surface area contributed by atoms with Crippen LogP contribution in [0, 0.1) is 0 Å². The third-order valence-corrected chi connectivity index (χ3v) is 3.76. The Morgan fingerprint density at radius 2 is 1.72 bits per heavy atom. The standard InChI is InChI=1S/C16H24O2/c1-12(2)13-7-9-14(10-8-13)18-16-6-4-5-15(11-16)17-3/h7-10,12,15-16H,4-6,11H2,1-3H3. The molecule has 0 aliphatic heterocycles. The van der Waals surface area contributed by atoms with Crippen LogP contribution < -0.4 is 4.74 Å². The van der Waals surface area contributed by atoms with Gasteiger partial charge in [0.05, 0.1) is 6.10 Å². The van der Waals surface area contributed by atoms with Gasteiger partial charge in [0.25, 0.3) is 0 Å². The number of benzene rings is 1. The molecule has 0 saturated heterocycles. The molecule has 1 saturated carbocycles. The molecule has 1 aliphatic carbocycles. The third-order valence-electron chi connectivity index (χ3n) is 3.76. The average molecular weight is 248 g/mol. The van der Waals surface area contributed by atoms with E-state index in [0.29, 0.717) is 18.1 Å². The Bertz CT molecular complexity index is 356. The van der Waals surface area contributed by atoms with Crippen molar-refractivity contribution in [2.45, 2.75) is 57.7 Å². The van der Waals surface area contributed by atoms with Gasteiger partial charge >= 0.3 is 0 Å². The van der Waals surface area contributed by atoms with E-state index in [-0.39, 0.29) is 0 Å². The summed E-state index contributed by atoms with van der Waals surface area (Å²) in [7, 11) is 1.80. The Kier molecular flexibility index (Phi) is 4.65. The molecule has 1 fully saturated rings. The van der Waals surface area contributed by atoms with Crippen LogP contribution in [0.3, 0.4) is 0 Å². The molecule has 2 unspecified atom stereocenters. The lowest BCUT2D eigenvalue weighted by atomic mass is 9.95. The van der Waals surface area contributed by atoms with Crippen LogP contribution in [0.4, 0.5) is 0 Å². The summed E-state index contributed by atoms with van der Waals surface area (Å²) in [6.07, 6.45) is 5.22. The van der Waals surface area contributed by atoms with Crippen molar-refractivity contribution in [2.75, 3.05) is 7.11 Å². The number of hydrogen-bond donors (Lipinski definition) is 0. The fourth-order valence-corrected chi connectivity index (χ4v) is 2.55. The van der Waals surface area contributed by atoms with Crippen LogP contribution in [-0.2, 0) is 4.74 Å². The first-order chi connectivity index (χ1) is 8.69. The maximum absolute atomic E-state index is 6.04. The molecule has 1 aromatic carbocycles. The molecule has 2 nitrogen and oxygen atoms in total. The largest absolute Gasteiger partial charge is 0.490 e. The van der Waals surface area contributed by atoms with Gasteiger partial charge in [-0.15, -0.1) is 0 Å². The summed E-state index contributed by atoms with van der Waals surface area (Å²) >= 11 is 0. The first-order valence-corrected chi connectivity index (χ1v) is 6.98. The molecule has 0 amide bonds. The van der Waals surface area contributed by atoms with E-state index in [4.69, 9.17) is 9.47 Å². The van der Waals surface area contributed by atoms with Crippen molar-refractivity contribution in [1.82, 2.24) is 0 Å². The van der Waals surface area contributed by atoms with E-state index in [0.717, 1.165) is 18.6 Å². The molecule has 1 aliphatic rings. The van der Waals surface area contributed by atoms with E-state index in [1.807, 2.05) is 0 Å². The van der Waals surface area contributed by atoms with Crippen molar-refractivity contribution in [3.8, 4) is 5.75 Å². The fourth-order valence-electron chi connectivity index (χ4n) is 2.55. The lowest BCUT2D eigenvalue weighted by Crippen LogP contribution is -2.29. The van der Waals surface area contributed by atoms with E-state index >= 15 is 0 Å². The topological polar surface area (TPSA) is 18.5 Å². The highest BCUT2D eigenvalue weighted by molar-refractivity contribution is 5.29. The molecular weight excluding hydrogens is 224 g/mol. The van der Waals surface area contributed by atoms with Gasteiger partial charge in [-0.1, -0.05) is 26.0 Å². The summed E-state index contributed by atoms with van der Waals surface area (Å²) < 4.78 is 11.5. The Morgan fingerprint density at radius 1 is 1.06 bits per heavy atom. The lowest BCUT2D eigenvalue weighted by molar-refractivity contribution is 0.0209. The Balaban J connectivity index is 1.92. The maximum Gasteiger partial charge on any atom is 0.119 e. The monoisotopic (exact) mass is 248 g/mol. The van der Waals surface area contributed by atoms with E-state index in [1.165, 1.54) is 18.4 Å². The van der Waals surface area contributed by atoms with E-state index in [2.05, 4.69) is 38.1 Å². The van der Waals surface area contributed by atoms with Crippen molar-refractivity contribution in [3.05, 3.63) is 29.8 Å². The highest BCUT2D eigenvalue weighted by atomic mass is 16.5. The second-order valence-electron chi connectivity index (χ2n) is 5.49. The van der Waals surface area contributed by atoms with Crippen molar-refractivity contribution in [3.63, 3.8) is 0 Å². The third kappa shape index (κ3) is 3.49. The summed E-state index contributed by atoms with van der Waals surface area (Å²) in [6, 6.07) is 8.50. The average Bonchev–Trinajstić information content (AvgIpc) is 2.39. The van der Waals surface area contributed by atoms with Gasteiger partial charge < -0.3 is 9.47 Å². The number of rotatable bonds is 4. The number of methoxy groups -OCH3 is 1. The minimum atomic E-state index is 0.314. The zero-order chi connectivity index (χ0) is 13.0. The number of hydrogen-bond acceptors (Lipinski definition) is 2. The minimum absolute atomic E-state index is 0.314. The molecule has 0 bridgehead atoms. The van der Waals surface area contributed by atoms with Crippen LogP contribution in [0.2, 0.25) is 0 Å². The number of ether oxygens (including phenoxy) is 2.